The first-order valence-corrected chi connectivity index (χ1v) is 6.67. The lowest BCUT2D eigenvalue weighted by atomic mass is 10.0. The number of nitrogens with zero attached hydrogens (tertiary/aromatic N) is 2. The standard InChI is InChI=1S/C13H24N2O4/c1-5-10(2)14(8-11(16)17)12(18)15-6-7-19-9-13(15,3)4/h10H,5-9H2,1-4H3,(H,16,17). The molecule has 0 aromatic heterocycles. The van der Waals surface area contributed by atoms with E-state index in [1.165, 1.54) is 4.90 Å². The molecule has 0 saturated carbocycles. The van der Waals surface area contributed by atoms with Crippen LogP contribution < -0.4 is 0 Å². The van der Waals surface area contributed by atoms with Gasteiger partial charge >= 0.3 is 12.0 Å². The summed E-state index contributed by atoms with van der Waals surface area (Å²) in [6, 6.07) is -0.313. The summed E-state index contributed by atoms with van der Waals surface area (Å²) < 4.78 is 5.38. The van der Waals surface area contributed by atoms with Crippen molar-refractivity contribution >= 4 is 12.0 Å². The van der Waals surface area contributed by atoms with Crippen molar-refractivity contribution in [1.82, 2.24) is 9.80 Å². The summed E-state index contributed by atoms with van der Waals surface area (Å²) in [5.74, 6) is -0.986. The quantitative estimate of drug-likeness (QED) is 0.840. The molecule has 1 aliphatic heterocycles. The fourth-order valence-corrected chi connectivity index (χ4v) is 2.15. The summed E-state index contributed by atoms with van der Waals surface area (Å²) in [5, 5.41) is 8.97. The van der Waals surface area contributed by atoms with Crippen molar-refractivity contribution in [2.24, 2.45) is 0 Å². The maximum atomic E-state index is 12.6. The molecule has 1 heterocycles. The van der Waals surface area contributed by atoms with Gasteiger partial charge in [-0.25, -0.2) is 4.79 Å². The molecule has 0 aromatic carbocycles. The van der Waals surface area contributed by atoms with Gasteiger partial charge in [0.05, 0.1) is 18.8 Å². The number of hydrogen-bond donors (Lipinski definition) is 1. The number of carboxylic acid groups (broad SMARTS) is 1. The van der Waals surface area contributed by atoms with Gasteiger partial charge in [-0.2, -0.15) is 0 Å². The van der Waals surface area contributed by atoms with Gasteiger partial charge in [-0.15, -0.1) is 0 Å². The van der Waals surface area contributed by atoms with E-state index in [1.807, 2.05) is 27.7 Å². The topological polar surface area (TPSA) is 70.1 Å². The molecule has 6 nitrogen and oxygen atoms in total. The van der Waals surface area contributed by atoms with Crippen LogP contribution in [-0.4, -0.2) is 64.8 Å². The minimum Gasteiger partial charge on any atom is -0.480 e. The van der Waals surface area contributed by atoms with Crippen LogP contribution in [0.4, 0.5) is 4.79 Å². The summed E-state index contributed by atoms with van der Waals surface area (Å²) in [6.07, 6.45) is 0.726. The van der Waals surface area contributed by atoms with Crippen LogP contribution in [0.3, 0.4) is 0 Å². The molecule has 0 aromatic rings. The molecule has 110 valence electrons. The zero-order valence-corrected chi connectivity index (χ0v) is 12.2. The lowest BCUT2D eigenvalue weighted by Crippen LogP contribution is -2.60. The molecule has 1 N–H and O–H groups in total. The Labute approximate surface area is 114 Å². The Kier molecular flexibility index (Phi) is 5.17. The molecule has 0 spiro atoms. The Morgan fingerprint density at radius 2 is 2.11 bits per heavy atom. The van der Waals surface area contributed by atoms with Gasteiger partial charge in [-0.1, -0.05) is 6.92 Å². The largest absolute Gasteiger partial charge is 0.480 e. The van der Waals surface area contributed by atoms with E-state index in [4.69, 9.17) is 9.84 Å². The Morgan fingerprint density at radius 3 is 2.58 bits per heavy atom. The van der Waals surface area contributed by atoms with Gasteiger partial charge in [-0.3, -0.25) is 4.79 Å². The predicted octanol–water partition coefficient (Wildman–Crippen LogP) is 1.40. The lowest BCUT2D eigenvalue weighted by Gasteiger charge is -2.45. The normalized spacial score (nSPS) is 19.9. The lowest BCUT2D eigenvalue weighted by molar-refractivity contribution is -0.138. The van der Waals surface area contributed by atoms with Crippen LogP contribution in [-0.2, 0) is 9.53 Å². The van der Waals surface area contributed by atoms with E-state index in [0.717, 1.165) is 6.42 Å². The van der Waals surface area contributed by atoms with Gasteiger partial charge < -0.3 is 19.6 Å². The number of morpholine rings is 1. The first-order chi connectivity index (χ1) is 8.79. The summed E-state index contributed by atoms with van der Waals surface area (Å²) in [4.78, 5) is 26.7. The molecule has 19 heavy (non-hydrogen) atoms. The first-order valence-electron chi connectivity index (χ1n) is 6.67. The zero-order chi connectivity index (χ0) is 14.6. The third kappa shape index (κ3) is 3.83. The SMILES string of the molecule is CCC(C)N(CC(=O)O)C(=O)N1CCOCC1(C)C. The highest BCUT2D eigenvalue weighted by molar-refractivity contribution is 5.81. The van der Waals surface area contributed by atoms with Gasteiger partial charge in [0.25, 0.3) is 0 Å². The van der Waals surface area contributed by atoms with Crippen LogP contribution in [0.2, 0.25) is 0 Å². The van der Waals surface area contributed by atoms with Gasteiger partial charge in [0.1, 0.15) is 6.54 Å². The molecular weight excluding hydrogens is 248 g/mol. The number of urea groups is 1. The van der Waals surface area contributed by atoms with Crippen molar-refractivity contribution in [2.75, 3.05) is 26.3 Å². The fourth-order valence-electron chi connectivity index (χ4n) is 2.15. The van der Waals surface area contributed by atoms with E-state index in [1.54, 1.807) is 4.90 Å². The average Bonchev–Trinajstić information content (AvgIpc) is 2.33. The highest BCUT2D eigenvalue weighted by atomic mass is 16.5. The smallest absolute Gasteiger partial charge is 0.323 e. The first kappa shape index (κ1) is 15.8. The highest BCUT2D eigenvalue weighted by Gasteiger charge is 2.37. The number of aliphatic carboxylic acids is 1. The van der Waals surface area contributed by atoms with E-state index in [0.29, 0.717) is 19.8 Å². The number of carbonyl (C=O) groups is 2. The summed E-state index contributed by atoms with van der Waals surface area (Å²) in [7, 11) is 0. The number of ether oxygens (including phenoxy) is 1. The summed E-state index contributed by atoms with van der Waals surface area (Å²) in [5.41, 5.74) is -0.403. The average molecular weight is 272 g/mol. The molecule has 0 aliphatic carbocycles. The van der Waals surface area contributed by atoms with Gasteiger partial charge in [-0.05, 0) is 27.2 Å². The van der Waals surface area contributed by atoms with Crippen LogP contribution in [0.25, 0.3) is 0 Å². The summed E-state index contributed by atoms with van der Waals surface area (Å²) >= 11 is 0. The maximum absolute atomic E-state index is 12.6. The molecule has 1 atom stereocenters. The predicted molar refractivity (Wildman–Crippen MR) is 71.1 cm³/mol. The third-order valence-electron chi connectivity index (χ3n) is 3.55. The second kappa shape index (κ2) is 6.23. The molecule has 6 heteroatoms. The summed E-state index contributed by atoms with van der Waals surface area (Å²) in [6.45, 7) is 8.88. The van der Waals surface area contributed by atoms with Crippen molar-refractivity contribution in [3.05, 3.63) is 0 Å². The van der Waals surface area contributed by atoms with Crippen LogP contribution in [0, 0.1) is 0 Å². The monoisotopic (exact) mass is 272 g/mol. The maximum Gasteiger partial charge on any atom is 0.323 e. The van der Waals surface area contributed by atoms with Gasteiger partial charge in [0.2, 0.25) is 0 Å². The van der Waals surface area contributed by atoms with Gasteiger partial charge in [0, 0.05) is 12.6 Å². The molecule has 0 radical (unpaired) electrons. The van der Waals surface area contributed by atoms with Crippen molar-refractivity contribution < 1.29 is 19.4 Å². The minimum atomic E-state index is -0.986. The van der Waals surface area contributed by atoms with Crippen LogP contribution in [0.5, 0.6) is 0 Å². The molecule has 1 fully saturated rings. The highest BCUT2D eigenvalue weighted by Crippen LogP contribution is 2.22. The van der Waals surface area contributed by atoms with Crippen LogP contribution in [0.15, 0.2) is 0 Å². The molecule has 1 rings (SSSR count). The number of amides is 2. The van der Waals surface area contributed by atoms with E-state index in [2.05, 4.69) is 0 Å². The number of carbonyl (C=O) groups excluding carboxylic acids is 1. The fraction of sp³-hybridized carbons (Fsp3) is 0.846. The van der Waals surface area contributed by atoms with Crippen molar-refractivity contribution in [2.45, 2.75) is 45.7 Å². The zero-order valence-electron chi connectivity index (χ0n) is 12.2. The molecule has 1 saturated heterocycles. The van der Waals surface area contributed by atoms with Gasteiger partial charge in [0.15, 0.2) is 0 Å². The molecular formula is C13H24N2O4. The van der Waals surface area contributed by atoms with E-state index >= 15 is 0 Å². The van der Waals surface area contributed by atoms with E-state index < -0.39 is 11.5 Å². The Hall–Kier alpha value is -1.30. The minimum absolute atomic E-state index is 0.0951. The molecule has 2 amide bonds. The number of hydrogen-bond acceptors (Lipinski definition) is 3. The Balaban J connectivity index is 2.88. The number of rotatable bonds is 4. The third-order valence-corrected chi connectivity index (χ3v) is 3.55. The molecule has 0 bridgehead atoms. The molecule has 1 aliphatic rings. The molecule has 1 unspecified atom stereocenters. The Bertz CT molecular complexity index is 344. The van der Waals surface area contributed by atoms with Crippen LogP contribution >= 0.6 is 0 Å². The van der Waals surface area contributed by atoms with Crippen LogP contribution in [0.1, 0.15) is 34.1 Å². The second-order valence-electron chi connectivity index (χ2n) is 5.58. The van der Waals surface area contributed by atoms with Crippen molar-refractivity contribution in [3.8, 4) is 0 Å². The Morgan fingerprint density at radius 1 is 1.47 bits per heavy atom. The van der Waals surface area contributed by atoms with Crippen molar-refractivity contribution in [1.29, 1.82) is 0 Å². The van der Waals surface area contributed by atoms with E-state index in [9.17, 15) is 9.59 Å². The number of carboxylic acids is 1. The van der Waals surface area contributed by atoms with E-state index in [-0.39, 0.29) is 18.6 Å². The second-order valence-corrected chi connectivity index (χ2v) is 5.58. The van der Waals surface area contributed by atoms with Crippen molar-refractivity contribution in [3.63, 3.8) is 0 Å².